The maximum atomic E-state index is 4.65. The van der Waals surface area contributed by atoms with Crippen molar-refractivity contribution >= 4 is 23.5 Å². The van der Waals surface area contributed by atoms with Crippen LogP contribution < -0.4 is 5.32 Å². The first-order valence-electron chi connectivity index (χ1n) is 9.95. The van der Waals surface area contributed by atoms with Gasteiger partial charge in [0.25, 0.3) is 0 Å². The number of nitrogens with zero attached hydrogens (tertiary/aromatic N) is 7. The standard InChI is InChI=1S/C21H22N8S/c1-22-10-16-11-27-29-13-15(9-19(20(16)29)30-21-24-5-2-6-25-21)17-12-26-28(14-17)18-3-7-23-8-4-18/h2,5-6,9-14,18,23H,3-4,7-8H2,1H3/b22-10-. The lowest BCUT2D eigenvalue weighted by atomic mass is 10.1. The number of pyridine rings is 1. The number of hydrogen-bond donors (Lipinski definition) is 1. The van der Waals surface area contributed by atoms with Gasteiger partial charge in [-0.2, -0.15) is 10.2 Å². The molecule has 0 aromatic carbocycles. The molecule has 0 aliphatic carbocycles. The molecule has 4 aromatic rings. The van der Waals surface area contributed by atoms with E-state index in [2.05, 4.69) is 47.4 Å². The second-order valence-corrected chi connectivity index (χ2v) is 8.21. The normalized spacial score (nSPS) is 15.4. The van der Waals surface area contributed by atoms with Gasteiger partial charge in [0.15, 0.2) is 5.16 Å². The van der Waals surface area contributed by atoms with Gasteiger partial charge in [0.1, 0.15) is 0 Å². The first kappa shape index (κ1) is 19.0. The Balaban J connectivity index is 1.57. The molecule has 9 heteroatoms. The summed E-state index contributed by atoms with van der Waals surface area (Å²) in [6.07, 6.45) is 15.5. The van der Waals surface area contributed by atoms with Crippen molar-refractivity contribution in [3.05, 3.63) is 54.9 Å². The molecular formula is C21H22N8S. The minimum absolute atomic E-state index is 0.451. The summed E-state index contributed by atoms with van der Waals surface area (Å²) in [5, 5.41) is 13.3. The highest BCUT2D eigenvalue weighted by atomic mass is 32.2. The molecule has 1 saturated heterocycles. The van der Waals surface area contributed by atoms with E-state index in [0.29, 0.717) is 11.2 Å². The SMILES string of the molecule is C/N=C\c1cnn2cc(-c3cnn(C4CCNCC4)c3)cc(Sc3ncccn3)c12. The van der Waals surface area contributed by atoms with Crippen molar-refractivity contribution in [1.82, 2.24) is 34.7 Å². The lowest BCUT2D eigenvalue weighted by molar-refractivity contribution is 0.343. The summed E-state index contributed by atoms with van der Waals surface area (Å²) in [7, 11) is 1.76. The number of hydrogen-bond acceptors (Lipinski definition) is 7. The second kappa shape index (κ2) is 8.37. The summed E-state index contributed by atoms with van der Waals surface area (Å²) in [6.45, 7) is 2.08. The largest absolute Gasteiger partial charge is 0.317 e. The zero-order valence-electron chi connectivity index (χ0n) is 16.6. The van der Waals surface area contributed by atoms with Crippen LogP contribution in [0.25, 0.3) is 16.6 Å². The van der Waals surface area contributed by atoms with Crippen LogP contribution in [0.4, 0.5) is 0 Å². The fraction of sp³-hybridized carbons (Fsp3) is 0.286. The highest BCUT2D eigenvalue weighted by Crippen LogP contribution is 2.34. The van der Waals surface area contributed by atoms with Gasteiger partial charge < -0.3 is 5.32 Å². The van der Waals surface area contributed by atoms with Crippen molar-refractivity contribution in [3.8, 4) is 11.1 Å². The molecule has 0 bridgehead atoms. The molecule has 30 heavy (non-hydrogen) atoms. The Kier molecular flexibility index (Phi) is 5.29. The third-order valence-electron chi connectivity index (χ3n) is 5.23. The van der Waals surface area contributed by atoms with Crippen LogP contribution in [0.3, 0.4) is 0 Å². The van der Waals surface area contributed by atoms with E-state index in [1.807, 2.05) is 35.4 Å². The van der Waals surface area contributed by atoms with E-state index in [9.17, 15) is 0 Å². The van der Waals surface area contributed by atoms with Crippen molar-refractivity contribution < 1.29 is 0 Å². The lowest BCUT2D eigenvalue weighted by Gasteiger charge is -2.22. The zero-order valence-corrected chi connectivity index (χ0v) is 17.5. The third kappa shape index (κ3) is 3.73. The van der Waals surface area contributed by atoms with Gasteiger partial charge in [0, 0.05) is 59.6 Å². The Morgan fingerprint density at radius 2 is 1.93 bits per heavy atom. The summed E-state index contributed by atoms with van der Waals surface area (Å²) >= 11 is 1.53. The predicted octanol–water partition coefficient (Wildman–Crippen LogP) is 3.11. The number of rotatable bonds is 5. The maximum absolute atomic E-state index is 4.65. The zero-order chi connectivity index (χ0) is 20.3. The first-order valence-corrected chi connectivity index (χ1v) is 10.8. The fourth-order valence-electron chi connectivity index (χ4n) is 3.77. The molecule has 0 radical (unpaired) electrons. The molecule has 1 aliphatic rings. The highest BCUT2D eigenvalue weighted by Gasteiger charge is 2.18. The molecule has 0 unspecified atom stereocenters. The van der Waals surface area contributed by atoms with Gasteiger partial charge in [-0.3, -0.25) is 9.67 Å². The third-order valence-corrected chi connectivity index (χ3v) is 6.16. The minimum atomic E-state index is 0.451. The Hall–Kier alpha value is -3.04. The minimum Gasteiger partial charge on any atom is -0.317 e. The molecule has 5 rings (SSSR count). The van der Waals surface area contributed by atoms with Crippen LogP contribution in [0.2, 0.25) is 0 Å². The van der Waals surface area contributed by atoms with Crippen LogP contribution >= 0.6 is 11.8 Å². The van der Waals surface area contributed by atoms with Crippen LogP contribution in [0.15, 0.2) is 64.4 Å². The van der Waals surface area contributed by atoms with Gasteiger partial charge in [-0.1, -0.05) is 0 Å². The van der Waals surface area contributed by atoms with Crippen LogP contribution in [-0.4, -0.2) is 55.7 Å². The van der Waals surface area contributed by atoms with Crippen LogP contribution in [0.1, 0.15) is 24.4 Å². The topological polar surface area (TPSA) is 85.3 Å². The predicted molar refractivity (Wildman–Crippen MR) is 117 cm³/mol. The van der Waals surface area contributed by atoms with Crippen LogP contribution in [0, 0.1) is 0 Å². The summed E-state index contributed by atoms with van der Waals surface area (Å²) in [5.74, 6) is 0. The molecular weight excluding hydrogens is 396 g/mol. The lowest BCUT2D eigenvalue weighted by Crippen LogP contribution is -2.29. The number of aliphatic imine (C=N–C) groups is 1. The number of aromatic nitrogens is 6. The van der Waals surface area contributed by atoms with E-state index in [4.69, 9.17) is 0 Å². The van der Waals surface area contributed by atoms with Gasteiger partial charge in [0.05, 0.1) is 24.0 Å². The quantitative estimate of drug-likeness (QED) is 0.396. The van der Waals surface area contributed by atoms with Gasteiger partial charge >= 0.3 is 0 Å². The van der Waals surface area contributed by atoms with Crippen LogP contribution in [0.5, 0.6) is 0 Å². The van der Waals surface area contributed by atoms with Crippen molar-refractivity contribution in [3.63, 3.8) is 0 Å². The number of piperidine rings is 1. The molecule has 152 valence electrons. The van der Waals surface area contributed by atoms with Crippen molar-refractivity contribution in [2.24, 2.45) is 4.99 Å². The monoisotopic (exact) mass is 418 g/mol. The van der Waals surface area contributed by atoms with Gasteiger partial charge in [-0.05, 0) is 49.8 Å². The Bertz CT molecular complexity index is 1170. The summed E-state index contributed by atoms with van der Waals surface area (Å²) in [5.41, 5.74) is 4.09. The molecule has 1 fully saturated rings. The summed E-state index contributed by atoms with van der Waals surface area (Å²) < 4.78 is 4.01. The van der Waals surface area contributed by atoms with Crippen molar-refractivity contribution in [1.29, 1.82) is 0 Å². The van der Waals surface area contributed by atoms with E-state index in [-0.39, 0.29) is 0 Å². The van der Waals surface area contributed by atoms with E-state index in [0.717, 1.165) is 53.0 Å². The first-order chi connectivity index (χ1) is 14.8. The average molecular weight is 419 g/mol. The molecule has 8 nitrogen and oxygen atoms in total. The second-order valence-electron chi connectivity index (χ2n) is 7.20. The molecule has 0 spiro atoms. The molecule has 5 heterocycles. The Labute approximate surface area is 178 Å². The molecule has 4 aromatic heterocycles. The van der Waals surface area contributed by atoms with E-state index in [1.165, 1.54) is 11.8 Å². The molecule has 1 aliphatic heterocycles. The molecule has 0 saturated carbocycles. The fourth-order valence-corrected chi connectivity index (χ4v) is 4.69. The number of nitrogens with one attached hydrogen (secondary N) is 1. The molecule has 1 N–H and O–H groups in total. The van der Waals surface area contributed by atoms with E-state index in [1.54, 1.807) is 19.4 Å². The van der Waals surface area contributed by atoms with E-state index < -0.39 is 0 Å². The van der Waals surface area contributed by atoms with Crippen LogP contribution in [-0.2, 0) is 0 Å². The Morgan fingerprint density at radius 1 is 1.10 bits per heavy atom. The smallest absolute Gasteiger partial charge is 0.192 e. The van der Waals surface area contributed by atoms with Crippen molar-refractivity contribution in [2.45, 2.75) is 28.9 Å². The maximum Gasteiger partial charge on any atom is 0.192 e. The van der Waals surface area contributed by atoms with Crippen molar-refractivity contribution in [2.75, 3.05) is 20.1 Å². The highest BCUT2D eigenvalue weighted by molar-refractivity contribution is 7.99. The summed E-state index contributed by atoms with van der Waals surface area (Å²) in [4.78, 5) is 14.0. The van der Waals surface area contributed by atoms with E-state index >= 15 is 0 Å². The number of fused-ring (bicyclic) bond motifs is 1. The average Bonchev–Trinajstić information content (AvgIpc) is 3.43. The molecule has 0 atom stereocenters. The van der Waals surface area contributed by atoms with Gasteiger partial charge in [-0.15, -0.1) is 0 Å². The summed E-state index contributed by atoms with van der Waals surface area (Å²) in [6, 6.07) is 4.43. The molecule has 0 amide bonds. The van der Waals surface area contributed by atoms with Gasteiger partial charge in [0.2, 0.25) is 0 Å². The Morgan fingerprint density at radius 3 is 2.73 bits per heavy atom. The van der Waals surface area contributed by atoms with Gasteiger partial charge in [-0.25, -0.2) is 14.5 Å².